The van der Waals surface area contributed by atoms with E-state index in [0.717, 1.165) is 37.0 Å². The minimum absolute atomic E-state index is 0.119. The van der Waals surface area contributed by atoms with E-state index in [1.807, 2.05) is 18.2 Å². The molecule has 0 bridgehead atoms. The first-order valence-corrected chi connectivity index (χ1v) is 9.17. The number of ether oxygens (including phenoxy) is 3. The Labute approximate surface area is 157 Å². The van der Waals surface area contributed by atoms with Gasteiger partial charge in [-0.2, -0.15) is 0 Å². The third-order valence-electron chi connectivity index (χ3n) is 5.32. The molecule has 1 saturated carbocycles. The molecule has 1 heterocycles. The van der Waals surface area contributed by atoms with E-state index >= 15 is 0 Å². The Bertz CT molecular complexity index is 861. The van der Waals surface area contributed by atoms with Crippen molar-refractivity contribution >= 4 is 5.91 Å². The molecule has 0 unspecified atom stereocenters. The summed E-state index contributed by atoms with van der Waals surface area (Å²) in [5.74, 6) is 0.698. The number of halogens is 1. The molecule has 1 N–H and O–H groups in total. The highest BCUT2D eigenvalue weighted by molar-refractivity contribution is 5.95. The number of carbonyl (C=O) groups is 1. The number of carbonyl (C=O) groups excluding carboxylic acids is 1. The van der Waals surface area contributed by atoms with Crippen LogP contribution in [0.3, 0.4) is 0 Å². The van der Waals surface area contributed by atoms with Gasteiger partial charge in [-0.05, 0) is 48.7 Å². The van der Waals surface area contributed by atoms with Crippen LogP contribution in [0, 0.1) is 5.82 Å². The van der Waals surface area contributed by atoms with Crippen LogP contribution < -0.4 is 19.5 Å². The summed E-state index contributed by atoms with van der Waals surface area (Å²) in [6.45, 7) is 1.05. The highest BCUT2D eigenvalue weighted by Gasteiger charge is 2.38. The van der Waals surface area contributed by atoms with Crippen LogP contribution in [-0.4, -0.2) is 26.2 Å². The van der Waals surface area contributed by atoms with Gasteiger partial charge >= 0.3 is 0 Å². The van der Waals surface area contributed by atoms with Crippen LogP contribution in [0.5, 0.6) is 17.2 Å². The van der Waals surface area contributed by atoms with Gasteiger partial charge in [0.15, 0.2) is 23.1 Å². The monoisotopic (exact) mass is 371 g/mol. The van der Waals surface area contributed by atoms with Crippen LogP contribution >= 0.6 is 0 Å². The number of hydrogen-bond acceptors (Lipinski definition) is 4. The summed E-state index contributed by atoms with van der Waals surface area (Å²) >= 11 is 0. The van der Waals surface area contributed by atoms with Crippen LogP contribution in [0.2, 0.25) is 0 Å². The molecular weight excluding hydrogens is 349 g/mol. The average molecular weight is 371 g/mol. The molecule has 27 heavy (non-hydrogen) atoms. The van der Waals surface area contributed by atoms with Crippen molar-refractivity contribution in [3.8, 4) is 17.2 Å². The fourth-order valence-corrected chi connectivity index (χ4v) is 3.90. The maximum atomic E-state index is 14.0. The fourth-order valence-electron chi connectivity index (χ4n) is 3.90. The predicted octanol–water partition coefficient (Wildman–Crippen LogP) is 3.80. The molecule has 2 aromatic carbocycles. The van der Waals surface area contributed by atoms with Crippen molar-refractivity contribution in [3.05, 3.63) is 53.3 Å². The van der Waals surface area contributed by atoms with E-state index in [1.54, 1.807) is 6.07 Å². The van der Waals surface area contributed by atoms with Crippen molar-refractivity contribution in [2.75, 3.05) is 20.3 Å². The van der Waals surface area contributed by atoms with Crippen LogP contribution in [0.25, 0.3) is 0 Å². The first kappa shape index (κ1) is 17.6. The SMILES string of the molecule is COc1ccc(C(=O)NC2(c3ccc4c(c3)OCCO4)CCCC2)cc1F. The Balaban J connectivity index is 1.62. The molecule has 142 valence electrons. The zero-order valence-corrected chi connectivity index (χ0v) is 15.2. The summed E-state index contributed by atoms with van der Waals surface area (Å²) in [6, 6.07) is 10.1. The number of nitrogens with one attached hydrogen (secondary N) is 1. The zero-order valence-electron chi connectivity index (χ0n) is 15.2. The Morgan fingerprint density at radius 3 is 2.52 bits per heavy atom. The van der Waals surface area contributed by atoms with Crippen molar-refractivity contribution in [1.82, 2.24) is 5.32 Å². The molecule has 1 fully saturated rings. The van der Waals surface area contributed by atoms with E-state index in [-0.39, 0.29) is 17.2 Å². The van der Waals surface area contributed by atoms with Crippen molar-refractivity contribution in [2.24, 2.45) is 0 Å². The second-order valence-electron chi connectivity index (χ2n) is 6.95. The van der Waals surface area contributed by atoms with Crippen molar-refractivity contribution in [2.45, 2.75) is 31.2 Å². The molecule has 1 aliphatic heterocycles. The molecule has 6 heteroatoms. The number of fused-ring (bicyclic) bond motifs is 1. The van der Waals surface area contributed by atoms with Gasteiger partial charge in [-0.3, -0.25) is 4.79 Å². The van der Waals surface area contributed by atoms with Crippen LogP contribution in [0.15, 0.2) is 36.4 Å². The molecule has 4 rings (SSSR count). The fraction of sp³-hybridized carbons (Fsp3) is 0.381. The van der Waals surface area contributed by atoms with Gasteiger partial charge in [0.2, 0.25) is 0 Å². The minimum atomic E-state index is -0.551. The molecule has 1 amide bonds. The summed E-state index contributed by atoms with van der Waals surface area (Å²) in [7, 11) is 1.40. The average Bonchev–Trinajstić information content (AvgIpc) is 3.17. The second-order valence-corrected chi connectivity index (χ2v) is 6.95. The molecule has 0 atom stereocenters. The molecular formula is C21H22FNO4. The summed E-state index contributed by atoms with van der Waals surface area (Å²) in [5.41, 5.74) is 0.785. The lowest BCUT2D eigenvalue weighted by Crippen LogP contribution is -2.43. The Hall–Kier alpha value is -2.76. The van der Waals surface area contributed by atoms with Crippen molar-refractivity contribution in [1.29, 1.82) is 0 Å². The van der Waals surface area contributed by atoms with Crippen LogP contribution in [0.1, 0.15) is 41.6 Å². The summed E-state index contributed by atoms with van der Waals surface area (Å²) in [6.07, 6.45) is 3.70. The van der Waals surface area contributed by atoms with Gasteiger partial charge in [0.05, 0.1) is 12.6 Å². The van der Waals surface area contributed by atoms with Gasteiger partial charge in [0, 0.05) is 5.56 Å². The largest absolute Gasteiger partial charge is 0.494 e. The van der Waals surface area contributed by atoms with E-state index in [4.69, 9.17) is 14.2 Å². The summed E-state index contributed by atoms with van der Waals surface area (Å²) < 4.78 is 30.2. The number of hydrogen-bond donors (Lipinski definition) is 1. The lowest BCUT2D eigenvalue weighted by atomic mass is 9.87. The van der Waals surface area contributed by atoms with Crippen LogP contribution in [0.4, 0.5) is 4.39 Å². The molecule has 0 spiro atoms. The quantitative estimate of drug-likeness (QED) is 0.888. The van der Waals surface area contributed by atoms with Gasteiger partial charge in [-0.1, -0.05) is 18.9 Å². The first-order chi connectivity index (χ1) is 13.1. The van der Waals surface area contributed by atoms with E-state index in [9.17, 15) is 9.18 Å². The molecule has 1 aliphatic carbocycles. The zero-order chi connectivity index (χ0) is 18.9. The van der Waals surface area contributed by atoms with Crippen molar-refractivity contribution < 1.29 is 23.4 Å². The van der Waals surface area contributed by atoms with Crippen molar-refractivity contribution in [3.63, 3.8) is 0 Å². The van der Waals surface area contributed by atoms with E-state index in [2.05, 4.69) is 5.32 Å². The Morgan fingerprint density at radius 2 is 1.81 bits per heavy atom. The number of methoxy groups -OCH3 is 1. The molecule has 2 aliphatic rings. The third-order valence-corrected chi connectivity index (χ3v) is 5.32. The maximum absolute atomic E-state index is 14.0. The van der Waals surface area contributed by atoms with Gasteiger partial charge in [0.25, 0.3) is 5.91 Å². The topological polar surface area (TPSA) is 56.8 Å². The number of benzene rings is 2. The van der Waals surface area contributed by atoms with Gasteiger partial charge in [0.1, 0.15) is 13.2 Å². The van der Waals surface area contributed by atoms with Gasteiger partial charge in [-0.15, -0.1) is 0 Å². The normalized spacial score (nSPS) is 17.4. The van der Waals surface area contributed by atoms with Gasteiger partial charge < -0.3 is 19.5 Å². The summed E-state index contributed by atoms with van der Waals surface area (Å²) in [4.78, 5) is 12.8. The third kappa shape index (κ3) is 3.31. The number of rotatable bonds is 4. The first-order valence-electron chi connectivity index (χ1n) is 9.17. The lowest BCUT2D eigenvalue weighted by Gasteiger charge is -2.32. The van der Waals surface area contributed by atoms with Crippen LogP contribution in [-0.2, 0) is 5.54 Å². The smallest absolute Gasteiger partial charge is 0.252 e. The molecule has 5 nitrogen and oxygen atoms in total. The Morgan fingerprint density at radius 1 is 1.07 bits per heavy atom. The molecule has 0 radical (unpaired) electrons. The van der Waals surface area contributed by atoms with Gasteiger partial charge in [-0.25, -0.2) is 4.39 Å². The molecule has 2 aromatic rings. The molecule has 0 aromatic heterocycles. The maximum Gasteiger partial charge on any atom is 0.252 e. The molecule has 0 saturated heterocycles. The standard InChI is InChI=1S/C21H22FNO4/c1-25-17-6-4-14(12-16(17)22)20(24)23-21(8-2-3-9-21)15-5-7-18-19(13-15)27-11-10-26-18/h4-7,12-13H,2-3,8-11H2,1H3,(H,23,24). The highest BCUT2D eigenvalue weighted by atomic mass is 19.1. The predicted molar refractivity (Wildman–Crippen MR) is 98.0 cm³/mol. The number of amides is 1. The van der Waals surface area contributed by atoms with E-state index in [0.29, 0.717) is 19.0 Å². The Kier molecular flexibility index (Phi) is 4.64. The summed E-state index contributed by atoms with van der Waals surface area (Å²) in [5, 5.41) is 3.15. The van der Waals surface area contributed by atoms with E-state index in [1.165, 1.54) is 19.2 Å². The van der Waals surface area contributed by atoms with E-state index < -0.39 is 11.4 Å². The minimum Gasteiger partial charge on any atom is -0.494 e. The second kappa shape index (κ2) is 7.10. The lowest BCUT2D eigenvalue weighted by molar-refractivity contribution is 0.0897. The highest BCUT2D eigenvalue weighted by Crippen LogP contribution is 2.42.